The number of carboxylic acids is 2. The van der Waals surface area contributed by atoms with Crippen LogP contribution in [0.3, 0.4) is 0 Å². The Morgan fingerprint density at radius 1 is 0.738 bits per heavy atom. The first-order valence-corrected chi connectivity index (χ1v) is 15.7. The fraction of sp³-hybridized carbons (Fsp3) is 0.618. The zero-order chi connectivity index (χ0) is 31.4. The highest BCUT2D eigenvalue weighted by molar-refractivity contribution is 5.83. The Labute approximate surface area is 254 Å². The third-order valence-corrected chi connectivity index (χ3v) is 6.49. The Morgan fingerprint density at radius 3 is 1.90 bits per heavy atom. The number of aliphatic carboxylic acids is 2. The minimum Gasteiger partial charge on any atom is -0.480 e. The highest BCUT2D eigenvalue weighted by Gasteiger charge is 2.21. The summed E-state index contributed by atoms with van der Waals surface area (Å²) in [6.45, 7) is 6.53. The van der Waals surface area contributed by atoms with Gasteiger partial charge < -0.3 is 21.3 Å². The lowest BCUT2D eigenvalue weighted by molar-refractivity contribution is -0.142. The van der Waals surface area contributed by atoms with Crippen LogP contribution in [-0.4, -0.2) is 52.7 Å². The zero-order valence-corrected chi connectivity index (χ0v) is 26.2. The number of carbonyl (C=O) groups excluding carboxylic acids is 1. The van der Waals surface area contributed by atoms with Gasteiger partial charge in [0.1, 0.15) is 12.1 Å². The van der Waals surface area contributed by atoms with Gasteiger partial charge in [-0.3, -0.25) is 14.9 Å². The largest absolute Gasteiger partial charge is 0.480 e. The monoisotopic (exact) mass is 587 g/mol. The summed E-state index contributed by atoms with van der Waals surface area (Å²) in [6.07, 6.45) is 30.7. The standard InChI is InChI=1S/C34H57N3O5/c1-4-5-6-7-8-9-10-11-12-14-17-22-29(36-30(33(39)40)24-20-21-26-35)23-18-15-13-16-19-25-32(38)37-31(34(41)42)27-28(2)3/h5-6,8-9,11-12,17-18,22-23,28-31,36H,4,7,10,13-16,19-21,24-27,35H2,1-3H3,(H,37,38)(H,39,40)(H,41,42)/b6-5-,9-8-,12-11-,22-17-,23-18-. The molecule has 0 saturated carbocycles. The quantitative estimate of drug-likeness (QED) is 0.0578. The minimum absolute atomic E-state index is 0.185. The van der Waals surface area contributed by atoms with Gasteiger partial charge >= 0.3 is 11.9 Å². The molecule has 8 nitrogen and oxygen atoms in total. The van der Waals surface area contributed by atoms with Gasteiger partial charge in [0, 0.05) is 12.5 Å². The number of nitrogens with two attached hydrogens (primary N) is 1. The van der Waals surface area contributed by atoms with E-state index in [0.29, 0.717) is 32.2 Å². The summed E-state index contributed by atoms with van der Waals surface area (Å²) in [5.41, 5.74) is 5.58. The molecule has 0 bridgehead atoms. The molecule has 8 heteroatoms. The van der Waals surface area contributed by atoms with Crippen molar-refractivity contribution < 1.29 is 24.6 Å². The predicted octanol–water partition coefficient (Wildman–Crippen LogP) is 6.45. The van der Waals surface area contributed by atoms with Gasteiger partial charge in [0.05, 0.1) is 0 Å². The van der Waals surface area contributed by atoms with E-state index in [1.807, 2.05) is 32.1 Å². The van der Waals surface area contributed by atoms with Gasteiger partial charge in [-0.2, -0.15) is 0 Å². The van der Waals surface area contributed by atoms with Crippen LogP contribution in [0.25, 0.3) is 0 Å². The van der Waals surface area contributed by atoms with E-state index in [4.69, 9.17) is 5.73 Å². The first kappa shape index (κ1) is 39.0. The Balaban J connectivity index is 4.78. The Hall–Kier alpha value is -2.97. The fourth-order valence-corrected chi connectivity index (χ4v) is 4.21. The highest BCUT2D eigenvalue weighted by Crippen LogP contribution is 2.09. The van der Waals surface area contributed by atoms with Crippen LogP contribution in [0.2, 0.25) is 0 Å². The molecule has 0 aromatic rings. The maximum absolute atomic E-state index is 12.1. The van der Waals surface area contributed by atoms with Gasteiger partial charge in [-0.15, -0.1) is 0 Å². The average molecular weight is 588 g/mol. The Bertz CT molecular complexity index is 876. The van der Waals surface area contributed by atoms with E-state index in [2.05, 4.69) is 60.1 Å². The molecule has 0 aromatic heterocycles. The van der Waals surface area contributed by atoms with Crippen molar-refractivity contribution in [2.45, 2.75) is 122 Å². The molecule has 0 aliphatic carbocycles. The lowest BCUT2D eigenvalue weighted by Crippen LogP contribution is -2.41. The summed E-state index contributed by atoms with van der Waals surface area (Å²) in [5.74, 6) is -1.90. The van der Waals surface area contributed by atoms with Crippen molar-refractivity contribution in [1.29, 1.82) is 0 Å². The molecule has 0 fully saturated rings. The summed E-state index contributed by atoms with van der Waals surface area (Å²) in [4.78, 5) is 35.3. The fourth-order valence-electron chi connectivity index (χ4n) is 4.21. The summed E-state index contributed by atoms with van der Waals surface area (Å²) in [5, 5.41) is 24.9. The molecule has 0 aromatic carbocycles. The van der Waals surface area contributed by atoms with Crippen LogP contribution in [0.4, 0.5) is 0 Å². The zero-order valence-electron chi connectivity index (χ0n) is 26.2. The summed E-state index contributed by atoms with van der Waals surface area (Å²) < 4.78 is 0. The molecule has 238 valence electrons. The van der Waals surface area contributed by atoms with Crippen LogP contribution < -0.4 is 16.4 Å². The smallest absolute Gasteiger partial charge is 0.326 e. The normalized spacial score (nSPS) is 14.6. The SMILES string of the molecule is CC/C=C\C/C=C\C/C=C\C/C=C\C(/C=C\CCCCCC(=O)NC(CC(C)C)C(=O)O)NC(CCCCN)C(=O)O. The van der Waals surface area contributed by atoms with E-state index in [1.165, 1.54) is 0 Å². The molecule has 1 amide bonds. The molecular weight excluding hydrogens is 530 g/mol. The molecule has 0 heterocycles. The number of hydrogen-bond donors (Lipinski definition) is 5. The Morgan fingerprint density at radius 2 is 1.33 bits per heavy atom. The van der Waals surface area contributed by atoms with E-state index in [9.17, 15) is 24.6 Å². The molecule has 0 aliphatic heterocycles. The summed E-state index contributed by atoms with van der Waals surface area (Å²) >= 11 is 0. The van der Waals surface area contributed by atoms with E-state index in [1.54, 1.807) is 0 Å². The van der Waals surface area contributed by atoms with Crippen LogP contribution in [0, 0.1) is 5.92 Å². The lowest BCUT2D eigenvalue weighted by Gasteiger charge is -2.18. The van der Waals surface area contributed by atoms with Crippen molar-refractivity contribution in [2.75, 3.05) is 6.54 Å². The molecule has 0 saturated heterocycles. The molecule has 0 radical (unpaired) electrons. The number of rotatable bonds is 26. The predicted molar refractivity (Wildman–Crippen MR) is 173 cm³/mol. The topological polar surface area (TPSA) is 142 Å². The maximum Gasteiger partial charge on any atom is 0.326 e. The third-order valence-electron chi connectivity index (χ3n) is 6.49. The molecule has 6 N–H and O–H groups in total. The second kappa shape index (κ2) is 26.9. The summed E-state index contributed by atoms with van der Waals surface area (Å²) in [7, 11) is 0. The number of hydrogen-bond acceptors (Lipinski definition) is 5. The van der Waals surface area contributed by atoms with E-state index < -0.39 is 24.0 Å². The van der Waals surface area contributed by atoms with Crippen LogP contribution in [0.1, 0.15) is 104 Å². The second-order valence-electron chi connectivity index (χ2n) is 10.9. The molecule has 3 atom stereocenters. The Kier molecular flexibility index (Phi) is 25.0. The highest BCUT2D eigenvalue weighted by atomic mass is 16.4. The number of carbonyl (C=O) groups is 3. The van der Waals surface area contributed by atoms with Crippen LogP contribution in [0.5, 0.6) is 0 Å². The number of allylic oxidation sites excluding steroid dienone is 8. The van der Waals surface area contributed by atoms with Gasteiger partial charge in [-0.05, 0) is 76.7 Å². The van der Waals surface area contributed by atoms with Gasteiger partial charge in [0.2, 0.25) is 5.91 Å². The number of unbranched alkanes of at least 4 members (excludes halogenated alkanes) is 4. The van der Waals surface area contributed by atoms with Crippen molar-refractivity contribution in [2.24, 2.45) is 11.7 Å². The minimum atomic E-state index is -0.997. The first-order chi connectivity index (χ1) is 20.2. The summed E-state index contributed by atoms with van der Waals surface area (Å²) in [6, 6.07) is -1.70. The van der Waals surface area contributed by atoms with Crippen LogP contribution in [-0.2, 0) is 14.4 Å². The molecule has 0 aliphatic rings. The maximum atomic E-state index is 12.1. The molecule has 42 heavy (non-hydrogen) atoms. The number of nitrogens with one attached hydrogen (secondary N) is 2. The van der Waals surface area contributed by atoms with Crippen molar-refractivity contribution >= 4 is 17.8 Å². The van der Waals surface area contributed by atoms with Crippen molar-refractivity contribution in [3.8, 4) is 0 Å². The van der Waals surface area contributed by atoms with Crippen molar-refractivity contribution in [1.82, 2.24) is 10.6 Å². The third kappa shape index (κ3) is 23.7. The van der Waals surface area contributed by atoms with Gasteiger partial charge in [-0.25, -0.2) is 4.79 Å². The molecule has 0 spiro atoms. The first-order valence-electron chi connectivity index (χ1n) is 15.7. The molecule has 0 rings (SSSR count). The second-order valence-corrected chi connectivity index (χ2v) is 10.9. The van der Waals surface area contributed by atoms with E-state index in [-0.39, 0.29) is 17.9 Å². The number of carboxylic acid groups (broad SMARTS) is 2. The van der Waals surface area contributed by atoms with Crippen LogP contribution >= 0.6 is 0 Å². The van der Waals surface area contributed by atoms with Crippen LogP contribution in [0.15, 0.2) is 60.8 Å². The molecule has 3 unspecified atom stereocenters. The van der Waals surface area contributed by atoms with Gasteiger partial charge in [-0.1, -0.05) is 94.4 Å². The number of amides is 1. The molecular formula is C34H57N3O5. The average Bonchev–Trinajstić information content (AvgIpc) is 2.93. The van der Waals surface area contributed by atoms with Gasteiger partial charge in [0.25, 0.3) is 0 Å². The van der Waals surface area contributed by atoms with E-state index >= 15 is 0 Å². The van der Waals surface area contributed by atoms with Crippen molar-refractivity contribution in [3.05, 3.63) is 60.8 Å². The van der Waals surface area contributed by atoms with Gasteiger partial charge in [0.15, 0.2) is 0 Å². The van der Waals surface area contributed by atoms with Crippen molar-refractivity contribution in [3.63, 3.8) is 0 Å². The lowest BCUT2D eigenvalue weighted by atomic mass is 10.0. The van der Waals surface area contributed by atoms with E-state index in [0.717, 1.165) is 57.8 Å².